The average molecular weight is 367 g/mol. The Labute approximate surface area is 160 Å². The van der Waals surface area contributed by atoms with Crippen LogP contribution in [-0.2, 0) is 0 Å². The van der Waals surface area contributed by atoms with Crippen molar-refractivity contribution in [2.24, 2.45) is 0 Å². The lowest BCUT2D eigenvalue weighted by Gasteiger charge is -2.43. The number of benzene rings is 2. The molecule has 0 aromatic heterocycles. The van der Waals surface area contributed by atoms with Crippen molar-refractivity contribution in [3.05, 3.63) is 66.0 Å². The van der Waals surface area contributed by atoms with Gasteiger partial charge in [0.05, 0.1) is 0 Å². The van der Waals surface area contributed by atoms with Crippen molar-refractivity contribution in [2.45, 2.75) is 18.9 Å². The number of hydrogen-bond donors (Lipinski definition) is 0. The molecule has 4 rings (SSSR count). The van der Waals surface area contributed by atoms with E-state index < -0.39 is 0 Å². The van der Waals surface area contributed by atoms with Gasteiger partial charge in [0.1, 0.15) is 5.82 Å². The average Bonchev–Trinajstić information content (AvgIpc) is 2.75. The second-order valence-corrected chi connectivity index (χ2v) is 7.39. The van der Waals surface area contributed by atoms with E-state index in [1.54, 1.807) is 12.1 Å². The molecule has 0 radical (unpaired) electrons. The minimum absolute atomic E-state index is 0.0161. The number of hydrogen-bond acceptors (Lipinski definition) is 3. The van der Waals surface area contributed by atoms with Gasteiger partial charge in [-0.2, -0.15) is 0 Å². The molecule has 0 atom stereocenters. The summed E-state index contributed by atoms with van der Waals surface area (Å²) in [6.45, 7) is 5.81. The van der Waals surface area contributed by atoms with Gasteiger partial charge in [0.2, 0.25) is 0 Å². The predicted molar refractivity (Wildman–Crippen MR) is 106 cm³/mol. The first-order valence-electron chi connectivity index (χ1n) is 9.79. The van der Waals surface area contributed by atoms with Crippen molar-refractivity contribution in [3.8, 4) is 0 Å². The maximum atomic E-state index is 13.1. The predicted octanol–water partition coefficient (Wildman–Crippen LogP) is 3.25. The monoisotopic (exact) mass is 367 g/mol. The number of rotatable bonds is 3. The SMILES string of the molecule is O=C(c1ccc(F)cc1)N1CCC(N2CCN(c3ccccc3)CC2)CC1. The fraction of sp³-hybridized carbons (Fsp3) is 0.409. The summed E-state index contributed by atoms with van der Waals surface area (Å²) >= 11 is 0. The minimum atomic E-state index is -0.306. The molecule has 1 amide bonds. The van der Waals surface area contributed by atoms with Crippen LogP contribution in [0.25, 0.3) is 0 Å². The second kappa shape index (κ2) is 8.09. The van der Waals surface area contributed by atoms with E-state index in [1.165, 1.54) is 17.8 Å². The Morgan fingerprint density at radius 2 is 1.44 bits per heavy atom. The van der Waals surface area contributed by atoms with Gasteiger partial charge in [0, 0.05) is 56.6 Å². The molecule has 2 fully saturated rings. The van der Waals surface area contributed by atoms with Crippen LogP contribution in [0.5, 0.6) is 0 Å². The van der Waals surface area contributed by atoms with Crippen molar-refractivity contribution >= 4 is 11.6 Å². The molecule has 142 valence electrons. The van der Waals surface area contributed by atoms with E-state index in [-0.39, 0.29) is 11.7 Å². The summed E-state index contributed by atoms with van der Waals surface area (Å²) in [4.78, 5) is 19.5. The number of piperidine rings is 1. The van der Waals surface area contributed by atoms with E-state index >= 15 is 0 Å². The maximum Gasteiger partial charge on any atom is 0.253 e. The highest BCUT2D eigenvalue weighted by atomic mass is 19.1. The molecule has 2 saturated heterocycles. The van der Waals surface area contributed by atoms with Crippen LogP contribution in [0, 0.1) is 5.82 Å². The number of piperazine rings is 1. The van der Waals surface area contributed by atoms with Crippen LogP contribution >= 0.6 is 0 Å². The Morgan fingerprint density at radius 3 is 2.07 bits per heavy atom. The van der Waals surface area contributed by atoms with Crippen molar-refractivity contribution < 1.29 is 9.18 Å². The van der Waals surface area contributed by atoms with Crippen LogP contribution in [0.4, 0.5) is 10.1 Å². The zero-order chi connectivity index (χ0) is 18.6. The number of carbonyl (C=O) groups excluding carboxylic acids is 1. The molecule has 2 heterocycles. The number of nitrogens with zero attached hydrogens (tertiary/aromatic N) is 3. The van der Waals surface area contributed by atoms with Gasteiger partial charge in [-0.15, -0.1) is 0 Å². The Bertz CT molecular complexity index is 749. The van der Waals surface area contributed by atoms with Crippen LogP contribution < -0.4 is 4.90 Å². The van der Waals surface area contributed by atoms with Gasteiger partial charge < -0.3 is 9.80 Å². The van der Waals surface area contributed by atoms with Crippen molar-refractivity contribution in [2.75, 3.05) is 44.2 Å². The van der Waals surface area contributed by atoms with Gasteiger partial charge in [0.25, 0.3) is 5.91 Å². The number of halogens is 1. The summed E-state index contributed by atoms with van der Waals surface area (Å²) in [6, 6.07) is 17.0. The molecule has 2 aromatic carbocycles. The van der Waals surface area contributed by atoms with Crippen LogP contribution in [0.3, 0.4) is 0 Å². The maximum absolute atomic E-state index is 13.1. The highest BCUT2D eigenvalue weighted by Gasteiger charge is 2.29. The molecule has 0 aliphatic carbocycles. The fourth-order valence-electron chi connectivity index (χ4n) is 4.19. The summed E-state index contributed by atoms with van der Waals surface area (Å²) in [5.74, 6) is -0.290. The standard InChI is InChI=1S/C22H26FN3O/c23-19-8-6-18(7-9-19)22(27)26-12-10-21(11-13-26)25-16-14-24(15-17-25)20-4-2-1-3-5-20/h1-9,21H,10-17H2. The smallest absolute Gasteiger partial charge is 0.253 e. The lowest BCUT2D eigenvalue weighted by Crippen LogP contribution is -2.53. The number of carbonyl (C=O) groups is 1. The van der Waals surface area contributed by atoms with Gasteiger partial charge in [-0.3, -0.25) is 9.69 Å². The minimum Gasteiger partial charge on any atom is -0.369 e. The van der Waals surface area contributed by atoms with Crippen LogP contribution in [-0.4, -0.2) is 61.0 Å². The number of amides is 1. The summed E-state index contributed by atoms with van der Waals surface area (Å²) in [5, 5.41) is 0. The Kier molecular flexibility index (Phi) is 5.39. The van der Waals surface area contributed by atoms with Gasteiger partial charge >= 0.3 is 0 Å². The van der Waals surface area contributed by atoms with Crippen molar-refractivity contribution in [1.29, 1.82) is 0 Å². The molecule has 0 bridgehead atoms. The van der Waals surface area contributed by atoms with Crippen molar-refractivity contribution in [3.63, 3.8) is 0 Å². The summed E-state index contributed by atoms with van der Waals surface area (Å²) in [6.07, 6.45) is 2.02. The lowest BCUT2D eigenvalue weighted by molar-refractivity contribution is 0.0611. The zero-order valence-corrected chi connectivity index (χ0v) is 15.6. The van der Waals surface area contributed by atoms with Gasteiger partial charge in [-0.1, -0.05) is 18.2 Å². The first-order valence-corrected chi connectivity index (χ1v) is 9.79. The Morgan fingerprint density at radius 1 is 0.815 bits per heavy atom. The molecule has 0 saturated carbocycles. The summed E-state index contributed by atoms with van der Waals surface area (Å²) < 4.78 is 13.1. The summed E-state index contributed by atoms with van der Waals surface area (Å²) in [7, 11) is 0. The van der Waals surface area contributed by atoms with E-state index in [4.69, 9.17) is 0 Å². The molecular weight excluding hydrogens is 341 g/mol. The van der Waals surface area contributed by atoms with E-state index in [1.807, 2.05) is 4.90 Å². The quantitative estimate of drug-likeness (QED) is 0.833. The molecule has 0 unspecified atom stereocenters. The molecule has 0 spiro atoms. The molecule has 2 aliphatic rings. The first kappa shape index (κ1) is 18.0. The van der Waals surface area contributed by atoms with Gasteiger partial charge in [-0.25, -0.2) is 4.39 Å². The third kappa shape index (κ3) is 4.14. The topological polar surface area (TPSA) is 26.8 Å². The normalized spacial score (nSPS) is 19.3. The van der Waals surface area contributed by atoms with E-state index in [0.29, 0.717) is 11.6 Å². The van der Waals surface area contributed by atoms with E-state index in [2.05, 4.69) is 40.1 Å². The van der Waals surface area contributed by atoms with Gasteiger partial charge in [0.15, 0.2) is 0 Å². The van der Waals surface area contributed by atoms with Gasteiger partial charge in [-0.05, 0) is 49.2 Å². The highest BCUT2D eigenvalue weighted by Crippen LogP contribution is 2.22. The molecule has 0 N–H and O–H groups in total. The second-order valence-electron chi connectivity index (χ2n) is 7.39. The van der Waals surface area contributed by atoms with Crippen molar-refractivity contribution in [1.82, 2.24) is 9.80 Å². The van der Waals surface area contributed by atoms with Crippen LogP contribution in [0.15, 0.2) is 54.6 Å². The Hall–Kier alpha value is -2.40. The van der Waals surface area contributed by atoms with E-state index in [0.717, 1.165) is 52.1 Å². The molecule has 2 aliphatic heterocycles. The number of anilines is 1. The zero-order valence-electron chi connectivity index (χ0n) is 15.6. The third-order valence-electron chi connectivity index (χ3n) is 5.79. The number of para-hydroxylation sites is 1. The van der Waals surface area contributed by atoms with Crippen LogP contribution in [0.2, 0.25) is 0 Å². The number of likely N-dealkylation sites (tertiary alicyclic amines) is 1. The van der Waals surface area contributed by atoms with E-state index in [9.17, 15) is 9.18 Å². The highest BCUT2D eigenvalue weighted by molar-refractivity contribution is 5.94. The Balaban J connectivity index is 1.27. The lowest BCUT2D eigenvalue weighted by atomic mass is 10.0. The molecular formula is C22H26FN3O. The fourth-order valence-corrected chi connectivity index (χ4v) is 4.19. The van der Waals surface area contributed by atoms with Crippen LogP contribution in [0.1, 0.15) is 23.2 Å². The first-order chi connectivity index (χ1) is 13.2. The molecule has 4 nitrogen and oxygen atoms in total. The summed E-state index contributed by atoms with van der Waals surface area (Å²) in [5.41, 5.74) is 1.88. The third-order valence-corrected chi connectivity index (χ3v) is 5.79. The largest absolute Gasteiger partial charge is 0.369 e. The molecule has 5 heteroatoms. The molecule has 27 heavy (non-hydrogen) atoms. The molecule has 2 aromatic rings.